The first-order chi connectivity index (χ1) is 10.6. The summed E-state index contributed by atoms with van der Waals surface area (Å²) in [7, 11) is 0. The van der Waals surface area contributed by atoms with E-state index in [1.807, 2.05) is 43.3 Å². The molecular formula is C18H19ClN2O. The molecule has 22 heavy (non-hydrogen) atoms. The molecule has 2 aromatic carbocycles. The van der Waals surface area contributed by atoms with E-state index in [0.717, 1.165) is 18.4 Å². The number of aryl methyl sites for hydroxylation is 1. The Bertz CT molecular complexity index is 669. The molecule has 0 spiro atoms. The molecule has 2 atom stereocenters. The van der Waals surface area contributed by atoms with Crippen LogP contribution in [-0.4, -0.2) is 6.03 Å². The summed E-state index contributed by atoms with van der Waals surface area (Å²) in [5, 5.41) is 6.75. The first kappa shape index (κ1) is 14.9. The summed E-state index contributed by atoms with van der Waals surface area (Å²) in [5.74, 6) is 0. The highest BCUT2D eigenvalue weighted by Crippen LogP contribution is 2.30. The molecule has 0 radical (unpaired) electrons. The Balaban J connectivity index is 1.60. The highest BCUT2D eigenvalue weighted by Gasteiger charge is 2.23. The molecule has 0 aromatic heterocycles. The van der Waals surface area contributed by atoms with E-state index in [-0.39, 0.29) is 18.1 Å². The van der Waals surface area contributed by atoms with Crippen LogP contribution >= 0.6 is 11.6 Å². The van der Waals surface area contributed by atoms with Gasteiger partial charge in [-0.2, -0.15) is 0 Å². The van der Waals surface area contributed by atoms with Crippen LogP contribution in [-0.2, 0) is 6.42 Å². The number of benzene rings is 2. The van der Waals surface area contributed by atoms with Gasteiger partial charge < -0.3 is 10.6 Å². The summed E-state index contributed by atoms with van der Waals surface area (Å²) in [5.41, 5.74) is 3.60. The predicted molar refractivity (Wildman–Crippen MR) is 89.0 cm³/mol. The largest absolute Gasteiger partial charge is 0.332 e. The molecule has 2 unspecified atom stereocenters. The summed E-state index contributed by atoms with van der Waals surface area (Å²) >= 11 is 5.88. The molecule has 0 saturated heterocycles. The standard InChI is InChI=1S/C18H19ClN2O/c1-12(13-6-9-15(19)10-7-13)20-18(22)21-17-11-8-14-4-2-3-5-16(14)17/h2-7,9-10,12,17H,8,11H2,1H3,(H2,20,21,22). The van der Waals surface area contributed by atoms with Crippen molar-refractivity contribution in [3.8, 4) is 0 Å². The van der Waals surface area contributed by atoms with E-state index in [4.69, 9.17) is 11.6 Å². The quantitative estimate of drug-likeness (QED) is 0.867. The fourth-order valence-electron chi connectivity index (χ4n) is 2.94. The minimum Gasteiger partial charge on any atom is -0.332 e. The molecule has 1 aliphatic rings. The summed E-state index contributed by atoms with van der Waals surface area (Å²) in [6.45, 7) is 1.96. The summed E-state index contributed by atoms with van der Waals surface area (Å²) in [4.78, 5) is 12.2. The second-order valence-corrected chi connectivity index (χ2v) is 6.12. The van der Waals surface area contributed by atoms with E-state index in [0.29, 0.717) is 5.02 Å². The van der Waals surface area contributed by atoms with Gasteiger partial charge in [0, 0.05) is 5.02 Å². The lowest BCUT2D eigenvalue weighted by molar-refractivity contribution is 0.234. The number of hydrogen-bond acceptors (Lipinski definition) is 1. The van der Waals surface area contributed by atoms with E-state index < -0.39 is 0 Å². The zero-order valence-electron chi connectivity index (χ0n) is 12.5. The minimum absolute atomic E-state index is 0.0612. The van der Waals surface area contributed by atoms with E-state index >= 15 is 0 Å². The number of urea groups is 1. The third-order valence-corrected chi connectivity index (χ3v) is 4.41. The number of rotatable bonds is 3. The molecule has 0 heterocycles. The predicted octanol–water partition coefficient (Wildman–Crippen LogP) is 4.39. The van der Waals surface area contributed by atoms with Crippen LogP contribution in [0.1, 0.15) is 42.1 Å². The average Bonchev–Trinajstić information content (AvgIpc) is 2.91. The molecule has 114 valence electrons. The Hall–Kier alpha value is -2.00. The molecule has 2 N–H and O–H groups in total. The molecule has 1 aliphatic carbocycles. The highest BCUT2D eigenvalue weighted by molar-refractivity contribution is 6.30. The van der Waals surface area contributed by atoms with Crippen LogP contribution in [0.4, 0.5) is 4.79 Å². The van der Waals surface area contributed by atoms with Gasteiger partial charge in [-0.1, -0.05) is 48.0 Å². The first-order valence-electron chi connectivity index (χ1n) is 7.54. The molecule has 3 nitrogen and oxygen atoms in total. The van der Waals surface area contributed by atoms with E-state index in [2.05, 4.69) is 22.8 Å². The van der Waals surface area contributed by atoms with Crippen molar-refractivity contribution in [1.82, 2.24) is 10.6 Å². The van der Waals surface area contributed by atoms with E-state index in [1.165, 1.54) is 11.1 Å². The van der Waals surface area contributed by atoms with Crippen LogP contribution in [0.2, 0.25) is 5.02 Å². The second-order valence-electron chi connectivity index (χ2n) is 5.68. The summed E-state index contributed by atoms with van der Waals surface area (Å²) < 4.78 is 0. The number of carbonyl (C=O) groups excluding carboxylic acids is 1. The number of nitrogens with one attached hydrogen (secondary N) is 2. The van der Waals surface area contributed by atoms with E-state index in [9.17, 15) is 4.79 Å². The zero-order chi connectivity index (χ0) is 15.5. The number of hydrogen-bond donors (Lipinski definition) is 2. The Morgan fingerprint density at radius 2 is 1.91 bits per heavy atom. The number of amides is 2. The van der Waals surface area contributed by atoms with Gasteiger partial charge in [-0.25, -0.2) is 4.79 Å². The van der Waals surface area contributed by atoms with Crippen molar-refractivity contribution in [3.63, 3.8) is 0 Å². The van der Waals surface area contributed by atoms with Gasteiger partial charge in [-0.05, 0) is 48.6 Å². The van der Waals surface area contributed by atoms with Crippen molar-refractivity contribution >= 4 is 17.6 Å². The molecule has 4 heteroatoms. The number of halogens is 1. The summed E-state index contributed by atoms with van der Waals surface area (Å²) in [6, 6.07) is 15.7. The smallest absolute Gasteiger partial charge is 0.315 e. The monoisotopic (exact) mass is 314 g/mol. The van der Waals surface area contributed by atoms with Gasteiger partial charge in [0.25, 0.3) is 0 Å². The van der Waals surface area contributed by atoms with E-state index in [1.54, 1.807) is 0 Å². The fourth-order valence-corrected chi connectivity index (χ4v) is 3.06. The van der Waals surface area contributed by atoms with Gasteiger partial charge in [0.05, 0.1) is 12.1 Å². The Labute approximate surface area is 135 Å². The summed E-state index contributed by atoms with van der Waals surface area (Å²) in [6.07, 6.45) is 1.98. The Morgan fingerprint density at radius 3 is 2.68 bits per heavy atom. The Morgan fingerprint density at radius 1 is 1.18 bits per heavy atom. The Kier molecular flexibility index (Phi) is 4.34. The molecule has 0 bridgehead atoms. The zero-order valence-corrected chi connectivity index (χ0v) is 13.2. The lowest BCUT2D eigenvalue weighted by atomic mass is 10.1. The maximum Gasteiger partial charge on any atom is 0.315 e. The van der Waals surface area contributed by atoms with Gasteiger partial charge in [-0.15, -0.1) is 0 Å². The van der Waals surface area contributed by atoms with Crippen molar-refractivity contribution in [3.05, 3.63) is 70.2 Å². The number of carbonyl (C=O) groups is 1. The van der Waals surface area contributed by atoms with Gasteiger partial charge in [0.15, 0.2) is 0 Å². The molecule has 0 aliphatic heterocycles. The minimum atomic E-state index is -0.135. The van der Waals surface area contributed by atoms with Gasteiger partial charge in [0.2, 0.25) is 0 Å². The normalized spacial score (nSPS) is 17.6. The van der Waals surface area contributed by atoms with Crippen molar-refractivity contribution in [2.75, 3.05) is 0 Å². The number of fused-ring (bicyclic) bond motifs is 1. The molecule has 0 saturated carbocycles. The van der Waals surface area contributed by atoms with Crippen LogP contribution in [0.15, 0.2) is 48.5 Å². The molecule has 0 fully saturated rings. The fraction of sp³-hybridized carbons (Fsp3) is 0.278. The highest BCUT2D eigenvalue weighted by atomic mass is 35.5. The van der Waals surface area contributed by atoms with Crippen LogP contribution in [0, 0.1) is 0 Å². The van der Waals surface area contributed by atoms with Crippen LogP contribution in [0.3, 0.4) is 0 Å². The first-order valence-corrected chi connectivity index (χ1v) is 7.91. The molecular weight excluding hydrogens is 296 g/mol. The van der Waals surface area contributed by atoms with Crippen LogP contribution in [0.25, 0.3) is 0 Å². The second kappa shape index (κ2) is 6.41. The van der Waals surface area contributed by atoms with Crippen molar-refractivity contribution in [2.45, 2.75) is 31.8 Å². The third-order valence-electron chi connectivity index (χ3n) is 4.16. The maximum atomic E-state index is 12.2. The molecule has 2 amide bonds. The van der Waals surface area contributed by atoms with Gasteiger partial charge in [-0.3, -0.25) is 0 Å². The SMILES string of the molecule is CC(NC(=O)NC1CCc2ccccc21)c1ccc(Cl)cc1. The average molecular weight is 315 g/mol. The van der Waals surface area contributed by atoms with Crippen molar-refractivity contribution in [2.24, 2.45) is 0 Å². The lowest BCUT2D eigenvalue weighted by Gasteiger charge is -2.19. The molecule has 2 aromatic rings. The topological polar surface area (TPSA) is 41.1 Å². The molecule has 3 rings (SSSR count). The van der Waals surface area contributed by atoms with Crippen molar-refractivity contribution in [1.29, 1.82) is 0 Å². The third kappa shape index (κ3) is 3.25. The van der Waals surface area contributed by atoms with Gasteiger partial charge >= 0.3 is 6.03 Å². The maximum absolute atomic E-state index is 12.2. The lowest BCUT2D eigenvalue weighted by Crippen LogP contribution is -2.38. The van der Waals surface area contributed by atoms with Crippen molar-refractivity contribution < 1.29 is 4.79 Å². The van der Waals surface area contributed by atoms with Crippen LogP contribution in [0.5, 0.6) is 0 Å². The van der Waals surface area contributed by atoms with Gasteiger partial charge in [0.1, 0.15) is 0 Å². The van der Waals surface area contributed by atoms with Crippen LogP contribution < -0.4 is 10.6 Å².